The van der Waals surface area contributed by atoms with Crippen molar-refractivity contribution in [2.24, 2.45) is 0 Å². The molecule has 5 heteroatoms. The smallest absolute Gasteiger partial charge is 0.166 e. The van der Waals surface area contributed by atoms with E-state index in [2.05, 4.69) is 15.3 Å². The second-order valence-electron chi connectivity index (χ2n) is 3.99. The van der Waals surface area contributed by atoms with Crippen LogP contribution in [0.3, 0.4) is 0 Å². The standard InChI is InChI=1S/C14H13N3OS/c1-15-12-10-7-8-19-14(10)17-13(16-12)9-5-3-4-6-11(9)18-2/h3-8H,1-2H3,(H,15,16,17). The molecule has 4 nitrogen and oxygen atoms in total. The first-order chi connectivity index (χ1) is 9.33. The van der Waals surface area contributed by atoms with Crippen LogP contribution in [0.25, 0.3) is 21.6 Å². The van der Waals surface area contributed by atoms with Gasteiger partial charge in [0.05, 0.1) is 18.1 Å². The first-order valence-electron chi connectivity index (χ1n) is 5.90. The average molecular weight is 271 g/mol. The highest BCUT2D eigenvalue weighted by molar-refractivity contribution is 7.16. The molecule has 0 aliphatic heterocycles. The van der Waals surface area contributed by atoms with Gasteiger partial charge in [-0.3, -0.25) is 0 Å². The number of nitrogens with one attached hydrogen (secondary N) is 1. The summed E-state index contributed by atoms with van der Waals surface area (Å²) < 4.78 is 5.37. The van der Waals surface area contributed by atoms with E-state index < -0.39 is 0 Å². The lowest BCUT2D eigenvalue weighted by Crippen LogP contribution is -1.98. The molecule has 3 aromatic rings. The summed E-state index contributed by atoms with van der Waals surface area (Å²) in [6.07, 6.45) is 0. The van der Waals surface area contributed by atoms with E-state index >= 15 is 0 Å². The van der Waals surface area contributed by atoms with Crippen LogP contribution >= 0.6 is 11.3 Å². The number of aromatic nitrogens is 2. The fourth-order valence-electron chi connectivity index (χ4n) is 2.00. The average Bonchev–Trinajstić information content (AvgIpc) is 2.94. The predicted molar refractivity (Wildman–Crippen MR) is 78.9 cm³/mol. The zero-order valence-corrected chi connectivity index (χ0v) is 11.5. The molecule has 3 rings (SSSR count). The van der Waals surface area contributed by atoms with E-state index in [9.17, 15) is 0 Å². The van der Waals surface area contributed by atoms with Crippen molar-refractivity contribution in [2.75, 3.05) is 19.5 Å². The Bertz CT molecular complexity index is 724. The van der Waals surface area contributed by atoms with Crippen LogP contribution in [0.2, 0.25) is 0 Å². The van der Waals surface area contributed by atoms with E-state index in [0.717, 1.165) is 27.3 Å². The fraction of sp³-hybridized carbons (Fsp3) is 0.143. The maximum Gasteiger partial charge on any atom is 0.166 e. The Morgan fingerprint density at radius 1 is 1.16 bits per heavy atom. The van der Waals surface area contributed by atoms with Crippen molar-refractivity contribution >= 4 is 27.4 Å². The van der Waals surface area contributed by atoms with E-state index in [-0.39, 0.29) is 0 Å². The van der Waals surface area contributed by atoms with Gasteiger partial charge in [0.15, 0.2) is 5.82 Å². The third-order valence-electron chi connectivity index (χ3n) is 2.91. The summed E-state index contributed by atoms with van der Waals surface area (Å²) in [5.41, 5.74) is 0.900. The van der Waals surface area contributed by atoms with Crippen molar-refractivity contribution in [3.8, 4) is 17.1 Å². The first-order valence-corrected chi connectivity index (χ1v) is 6.78. The van der Waals surface area contributed by atoms with Gasteiger partial charge in [-0.1, -0.05) is 12.1 Å². The van der Waals surface area contributed by atoms with Crippen molar-refractivity contribution in [2.45, 2.75) is 0 Å². The van der Waals surface area contributed by atoms with Gasteiger partial charge in [-0.15, -0.1) is 11.3 Å². The third-order valence-corrected chi connectivity index (χ3v) is 3.72. The molecule has 1 N–H and O–H groups in total. The van der Waals surface area contributed by atoms with Gasteiger partial charge in [0.2, 0.25) is 0 Å². The van der Waals surface area contributed by atoms with Crippen LogP contribution in [0.5, 0.6) is 5.75 Å². The number of hydrogen-bond acceptors (Lipinski definition) is 5. The second-order valence-corrected chi connectivity index (χ2v) is 4.88. The molecule has 1 aromatic carbocycles. The molecule has 0 unspecified atom stereocenters. The van der Waals surface area contributed by atoms with Crippen LogP contribution in [0, 0.1) is 0 Å². The van der Waals surface area contributed by atoms with Gasteiger partial charge in [-0.05, 0) is 23.6 Å². The zero-order valence-electron chi connectivity index (χ0n) is 10.7. The summed E-state index contributed by atoms with van der Waals surface area (Å²) in [6.45, 7) is 0. The summed E-state index contributed by atoms with van der Waals surface area (Å²) in [5, 5.41) is 6.19. The lowest BCUT2D eigenvalue weighted by molar-refractivity contribution is 0.416. The fourth-order valence-corrected chi connectivity index (χ4v) is 2.76. The summed E-state index contributed by atoms with van der Waals surface area (Å²) >= 11 is 1.61. The lowest BCUT2D eigenvalue weighted by atomic mass is 10.2. The topological polar surface area (TPSA) is 47.0 Å². The van der Waals surface area contributed by atoms with Crippen LogP contribution < -0.4 is 10.1 Å². The molecular weight excluding hydrogens is 258 g/mol. The molecule has 0 aliphatic rings. The van der Waals surface area contributed by atoms with Gasteiger partial charge in [-0.2, -0.15) is 0 Å². The number of benzene rings is 1. The van der Waals surface area contributed by atoms with E-state index in [1.54, 1.807) is 18.4 Å². The summed E-state index contributed by atoms with van der Waals surface area (Å²) in [7, 11) is 3.52. The molecule has 0 saturated heterocycles. The highest BCUT2D eigenvalue weighted by Crippen LogP contribution is 2.32. The van der Waals surface area contributed by atoms with Crippen molar-refractivity contribution in [3.63, 3.8) is 0 Å². The van der Waals surface area contributed by atoms with E-state index in [1.807, 2.05) is 42.8 Å². The van der Waals surface area contributed by atoms with E-state index in [4.69, 9.17) is 4.74 Å². The Kier molecular flexibility index (Phi) is 3.05. The Hall–Kier alpha value is -2.14. The molecule has 0 aliphatic carbocycles. The third kappa shape index (κ3) is 2.02. The number of para-hydroxylation sites is 1. The monoisotopic (exact) mass is 271 g/mol. The SMILES string of the molecule is CNc1nc(-c2ccccc2OC)nc2sccc12. The molecule has 0 atom stereocenters. The Morgan fingerprint density at radius 2 is 2.00 bits per heavy atom. The second kappa shape index (κ2) is 4.85. The van der Waals surface area contributed by atoms with Gasteiger partial charge in [0.25, 0.3) is 0 Å². The van der Waals surface area contributed by atoms with Gasteiger partial charge >= 0.3 is 0 Å². The maximum absolute atomic E-state index is 5.37. The van der Waals surface area contributed by atoms with Crippen LogP contribution in [0.4, 0.5) is 5.82 Å². The predicted octanol–water partition coefficient (Wildman–Crippen LogP) is 3.41. The molecule has 0 bridgehead atoms. The van der Waals surface area contributed by atoms with Gasteiger partial charge < -0.3 is 10.1 Å². The molecule has 0 radical (unpaired) electrons. The van der Waals surface area contributed by atoms with Crippen molar-refractivity contribution in [1.82, 2.24) is 9.97 Å². The molecule has 2 aromatic heterocycles. The molecule has 2 heterocycles. The van der Waals surface area contributed by atoms with E-state index in [1.165, 1.54) is 0 Å². The number of hydrogen-bond donors (Lipinski definition) is 1. The minimum Gasteiger partial charge on any atom is -0.496 e. The molecule has 0 saturated carbocycles. The van der Waals surface area contributed by atoms with Crippen LogP contribution in [-0.4, -0.2) is 24.1 Å². The van der Waals surface area contributed by atoms with Crippen LogP contribution in [0.15, 0.2) is 35.7 Å². The van der Waals surface area contributed by atoms with Gasteiger partial charge in [0, 0.05) is 7.05 Å². The summed E-state index contributed by atoms with van der Waals surface area (Å²) in [6, 6.07) is 9.80. The number of nitrogens with zero attached hydrogens (tertiary/aromatic N) is 2. The van der Waals surface area contributed by atoms with Crippen molar-refractivity contribution in [1.29, 1.82) is 0 Å². The highest BCUT2D eigenvalue weighted by Gasteiger charge is 2.12. The number of rotatable bonds is 3. The molecule has 19 heavy (non-hydrogen) atoms. The number of thiophene rings is 1. The molecule has 0 spiro atoms. The molecule has 0 amide bonds. The normalized spacial score (nSPS) is 10.6. The number of fused-ring (bicyclic) bond motifs is 1. The molecule has 96 valence electrons. The molecule has 0 fully saturated rings. The Balaban J connectivity index is 2.24. The quantitative estimate of drug-likeness (QED) is 0.793. The van der Waals surface area contributed by atoms with E-state index in [0.29, 0.717) is 5.82 Å². The van der Waals surface area contributed by atoms with Gasteiger partial charge in [-0.25, -0.2) is 9.97 Å². The minimum atomic E-state index is 0.678. The lowest BCUT2D eigenvalue weighted by Gasteiger charge is -2.09. The minimum absolute atomic E-state index is 0.678. The molecular formula is C14H13N3OS. The number of ether oxygens (including phenoxy) is 1. The van der Waals surface area contributed by atoms with Crippen molar-refractivity contribution < 1.29 is 4.74 Å². The summed E-state index contributed by atoms with van der Waals surface area (Å²) in [5.74, 6) is 2.30. The maximum atomic E-state index is 5.37. The number of methoxy groups -OCH3 is 1. The van der Waals surface area contributed by atoms with Gasteiger partial charge in [0.1, 0.15) is 16.4 Å². The van der Waals surface area contributed by atoms with Crippen molar-refractivity contribution in [3.05, 3.63) is 35.7 Å². The van der Waals surface area contributed by atoms with Crippen LogP contribution in [0.1, 0.15) is 0 Å². The Labute approximate surface area is 115 Å². The number of anilines is 1. The largest absolute Gasteiger partial charge is 0.496 e. The summed E-state index contributed by atoms with van der Waals surface area (Å²) in [4.78, 5) is 10.2. The van der Waals surface area contributed by atoms with Crippen LogP contribution in [-0.2, 0) is 0 Å². The highest BCUT2D eigenvalue weighted by atomic mass is 32.1. The zero-order chi connectivity index (χ0) is 13.2. The first kappa shape index (κ1) is 11.9. The Morgan fingerprint density at radius 3 is 2.79 bits per heavy atom.